The van der Waals surface area contributed by atoms with Crippen LogP contribution < -0.4 is 11.1 Å². The molecule has 1 amide bonds. The number of benzene rings is 2. The number of amides is 1. The molecular weight excluding hydrogens is 376 g/mol. The van der Waals surface area contributed by atoms with Crippen molar-refractivity contribution in [2.24, 2.45) is 0 Å². The van der Waals surface area contributed by atoms with Crippen molar-refractivity contribution in [1.29, 1.82) is 0 Å². The van der Waals surface area contributed by atoms with Gasteiger partial charge < -0.3 is 14.5 Å². The molecule has 0 saturated heterocycles. The van der Waals surface area contributed by atoms with E-state index in [1.165, 1.54) is 4.57 Å². The van der Waals surface area contributed by atoms with Crippen LogP contribution in [0.3, 0.4) is 0 Å². The van der Waals surface area contributed by atoms with E-state index < -0.39 is 18.3 Å². The number of aromatic nitrogens is 1. The Kier molecular flexibility index (Phi) is 4.75. The third kappa shape index (κ3) is 3.56. The quantitative estimate of drug-likeness (QED) is 0.508. The summed E-state index contributed by atoms with van der Waals surface area (Å²) >= 11 is 0. The van der Waals surface area contributed by atoms with Gasteiger partial charge in [-0.1, -0.05) is 12.1 Å². The van der Waals surface area contributed by atoms with Crippen molar-refractivity contribution in [3.05, 3.63) is 64.1 Å². The number of Topliss-reactive ketones (excluding diaryl/α,β-unsaturated/α-hetero) is 1. The zero-order valence-electron chi connectivity index (χ0n) is 15.6. The summed E-state index contributed by atoms with van der Waals surface area (Å²) in [6, 6.07) is 11.8. The van der Waals surface area contributed by atoms with E-state index in [4.69, 9.17) is 9.15 Å². The van der Waals surface area contributed by atoms with E-state index in [2.05, 4.69) is 5.32 Å². The number of para-hydroxylation sites is 2. The number of nitrogens with zero attached hydrogens (tertiary/aromatic N) is 1. The second-order valence-electron chi connectivity index (χ2n) is 6.83. The highest BCUT2D eigenvalue weighted by Crippen LogP contribution is 2.32. The van der Waals surface area contributed by atoms with Crippen LogP contribution >= 0.6 is 0 Å². The lowest BCUT2D eigenvalue weighted by molar-refractivity contribution is -0.142. The average molecular weight is 394 g/mol. The standard InChI is InChI=1S/C21H18N2O6/c1-12-14-10-13(6-7-15(14)22-20(12)26)17(24)11-28-19(25)8-9-23-16-4-2-3-5-18(16)29-21(23)27/h2-7,10,12H,8-9,11H2,1H3,(H,22,26)/t12-/m1/s1. The first-order chi connectivity index (χ1) is 13.9. The molecule has 0 unspecified atom stereocenters. The smallest absolute Gasteiger partial charge is 0.419 e. The number of anilines is 1. The maximum Gasteiger partial charge on any atom is 0.419 e. The fraction of sp³-hybridized carbons (Fsp3) is 0.238. The first-order valence-corrected chi connectivity index (χ1v) is 9.16. The molecule has 1 aromatic heterocycles. The average Bonchev–Trinajstić information content (AvgIpc) is 3.19. The van der Waals surface area contributed by atoms with Crippen molar-refractivity contribution >= 4 is 34.4 Å². The molecule has 29 heavy (non-hydrogen) atoms. The predicted octanol–water partition coefficient (Wildman–Crippen LogP) is 2.47. The van der Waals surface area contributed by atoms with Gasteiger partial charge in [-0.15, -0.1) is 0 Å². The summed E-state index contributed by atoms with van der Waals surface area (Å²) in [6.45, 7) is 1.44. The zero-order chi connectivity index (χ0) is 20.5. The summed E-state index contributed by atoms with van der Waals surface area (Å²) in [5.41, 5.74) is 2.85. The van der Waals surface area contributed by atoms with E-state index >= 15 is 0 Å². The van der Waals surface area contributed by atoms with Crippen molar-refractivity contribution in [3.63, 3.8) is 0 Å². The number of nitrogens with one attached hydrogen (secondary N) is 1. The van der Waals surface area contributed by atoms with E-state index in [9.17, 15) is 19.2 Å². The molecule has 1 N–H and O–H groups in total. The zero-order valence-corrected chi connectivity index (χ0v) is 15.6. The minimum absolute atomic E-state index is 0.0731. The van der Waals surface area contributed by atoms with Crippen molar-refractivity contribution < 1.29 is 23.5 Å². The maximum absolute atomic E-state index is 12.3. The molecule has 1 aliphatic heterocycles. The van der Waals surface area contributed by atoms with Gasteiger partial charge in [0, 0.05) is 17.8 Å². The fourth-order valence-electron chi connectivity index (χ4n) is 3.32. The van der Waals surface area contributed by atoms with Crippen LogP contribution in [-0.2, 0) is 20.9 Å². The molecule has 1 aliphatic rings. The van der Waals surface area contributed by atoms with Gasteiger partial charge in [0.15, 0.2) is 18.0 Å². The Morgan fingerprint density at radius 1 is 1.17 bits per heavy atom. The van der Waals surface area contributed by atoms with E-state index in [1.807, 2.05) is 0 Å². The molecule has 0 saturated carbocycles. The van der Waals surface area contributed by atoms with Crippen LogP contribution in [0, 0.1) is 0 Å². The number of ether oxygens (including phenoxy) is 1. The molecular formula is C21H18N2O6. The number of esters is 1. The maximum atomic E-state index is 12.3. The van der Waals surface area contributed by atoms with Gasteiger partial charge in [0.2, 0.25) is 5.91 Å². The van der Waals surface area contributed by atoms with Crippen molar-refractivity contribution in [1.82, 2.24) is 4.57 Å². The Morgan fingerprint density at radius 2 is 1.97 bits per heavy atom. The van der Waals surface area contributed by atoms with Crippen LogP contribution in [0.4, 0.5) is 5.69 Å². The SMILES string of the molecule is C[C@H]1C(=O)Nc2ccc(C(=O)COC(=O)CCn3c(=O)oc4ccccc43)cc21. The Bertz CT molecular complexity index is 1190. The number of carbonyl (C=O) groups excluding carboxylic acids is 3. The van der Waals surface area contributed by atoms with Crippen molar-refractivity contribution in [2.75, 3.05) is 11.9 Å². The van der Waals surface area contributed by atoms with Gasteiger partial charge in [0.1, 0.15) is 0 Å². The van der Waals surface area contributed by atoms with Crippen LogP contribution in [0.2, 0.25) is 0 Å². The summed E-state index contributed by atoms with van der Waals surface area (Å²) in [5, 5.41) is 2.74. The number of hydrogen-bond donors (Lipinski definition) is 1. The third-order valence-corrected chi connectivity index (χ3v) is 4.97. The largest absolute Gasteiger partial charge is 0.457 e. The first kappa shape index (κ1) is 18.7. The topological polar surface area (TPSA) is 108 Å². The summed E-state index contributed by atoms with van der Waals surface area (Å²) in [7, 11) is 0. The normalized spacial score (nSPS) is 15.2. The number of fused-ring (bicyclic) bond motifs is 2. The molecule has 3 aromatic rings. The molecule has 0 radical (unpaired) electrons. The minimum Gasteiger partial charge on any atom is -0.457 e. The summed E-state index contributed by atoms with van der Waals surface area (Å²) in [5.74, 6) is -1.95. The molecule has 1 atom stereocenters. The number of hydrogen-bond acceptors (Lipinski definition) is 6. The molecule has 2 heterocycles. The van der Waals surface area contributed by atoms with E-state index in [1.54, 1.807) is 49.4 Å². The van der Waals surface area contributed by atoms with Gasteiger partial charge in [-0.25, -0.2) is 4.79 Å². The van der Waals surface area contributed by atoms with Crippen molar-refractivity contribution in [2.45, 2.75) is 25.8 Å². The fourth-order valence-corrected chi connectivity index (χ4v) is 3.32. The Labute approximate surface area is 165 Å². The van der Waals surface area contributed by atoms with Gasteiger partial charge in [-0.3, -0.25) is 19.0 Å². The van der Waals surface area contributed by atoms with Gasteiger partial charge >= 0.3 is 11.7 Å². The number of carbonyl (C=O) groups is 3. The summed E-state index contributed by atoms with van der Waals surface area (Å²) in [6.07, 6.45) is -0.0731. The Balaban J connectivity index is 1.35. The number of oxazole rings is 1. The Morgan fingerprint density at radius 3 is 2.79 bits per heavy atom. The highest BCUT2D eigenvalue weighted by molar-refractivity contribution is 6.05. The summed E-state index contributed by atoms with van der Waals surface area (Å²) in [4.78, 5) is 48.0. The van der Waals surface area contributed by atoms with Gasteiger partial charge in [-0.2, -0.15) is 0 Å². The number of ketones is 1. The van der Waals surface area contributed by atoms with Crippen LogP contribution in [-0.4, -0.2) is 28.8 Å². The molecule has 8 heteroatoms. The van der Waals surface area contributed by atoms with Crippen LogP contribution in [0.15, 0.2) is 51.7 Å². The van der Waals surface area contributed by atoms with E-state index in [-0.39, 0.29) is 30.6 Å². The number of aryl methyl sites for hydroxylation is 1. The van der Waals surface area contributed by atoms with Crippen LogP contribution in [0.25, 0.3) is 11.1 Å². The van der Waals surface area contributed by atoms with Crippen LogP contribution in [0.1, 0.15) is 35.2 Å². The lowest BCUT2D eigenvalue weighted by Gasteiger charge is -2.07. The molecule has 0 spiro atoms. The first-order valence-electron chi connectivity index (χ1n) is 9.16. The summed E-state index contributed by atoms with van der Waals surface area (Å²) < 4.78 is 11.5. The molecule has 0 bridgehead atoms. The van der Waals surface area contributed by atoms with E-state index in [0.717, 1.165) is 5.56 Å². The molecule has 0 fully saturated rings. The lowest BCUT2D eigenvalue weighted by Crippen LogP contribution is -2.19. The van der Waals surface area contributed by atoms with Gasteiger partial charge in [-0.05, 0) is 42.8 Å². The monoisotopic (exact) mass is 394 g/mol. The molecule has 8 nitrogen and oxygen atoms in total. The lowest BCUT2D eigenvalue weighted by atomic mass is 9.99. The predicted molar refractivity (Wildman–Crippen MR) is 104 cm³/mol. The minimum atomic E-state index is -0.595. The molecule has 148 valence electrons. The second kappa shape index (κ2) is 7.38. The van der Waals surface area contributed by atoms with Gasteiger partial charge in [0.25, 0.3) is 0 Å². The van der Waals surface area contributed by atoms with Gasteiger partial charge in [0.05, 0.1) is 17.9 Å². The van der Waals surface area contributed by atoms with Crippen molar-refractivity contribution in [3.8, 4) is 0 Å². The highest BCUT2D eigenvalue weighted by Gasteiger charge is 2.27. The molecule has 0 aliphatic carbocycles. The highest BCUT2D eigenvalue weighted by atomic mass is 16.5. The third-order valence-electron chi connectivity index (χ3n) is 4.97. The second-order valence-corrected chi connectivity index (χ2v) is 6.83. The molecule has 4 rings (SSSR count). The van der Waals surface area contributed by atoms with E-state index in [0.29, 0.717) is 22.4 Å². The van der Waals surface area contributed by atoms with Crippen LogP contribution in [0.5, 0.6) is 0 Å². The Hall–Kier alpha value is -3.68. The molecule has 2 aromatic carbocycles. The number of rotatable bonds is 6.